The number of nitrogens with one attached hydrogen (secondary N) is 1. The Kier molecular flexibility index (Phi) is 6.72. The van der Waals surface area contributed by atoms with Gasteiger partial charge >= 0.3 is 6.03 Å². The van der Waals surface area contributed by atoms with Gasteiger partial charge in [0.15, 0.2) is 0 Å². The number of carbonyl (C=O) groups excluding carboxylic acids is 1. The number of likely N-dealkylation sites (tertiary alicyclic amines) is 1. The first-order chi connectivity index (χ1) is 10.7. The molecule has 1 aliphatic rings. The molecule has 2 atom stereocenters. The van der Waals surface area contributed by atoms with Crippen molar-refractivity contribution in [3.63, 3.8) is 0 Å². The van der Waals surface area contributed by atoms with Gasteiger partial charge in [-0.2, -0.15) is 0 Å². The SMILES string of the molecule is CCCCCC(NC(=O)N1CCCC(O)C1)c1ccccc1. The molecular formula is C18H28N2O2. The van der Waals surface area contributed by atoms with E-state index in [0.717, 1.165) is 37.8 Å². The van der Waals surface area contributed by atoms with Crippen LogP contribution in [0.1, 0.15) is 57.1 Å². The van der Waals surface area contributed by atoms with Crippen LogP contribution < -0.4 is 5.32 Å². The largest absolute Gasteiger partial charge is 0.391 e. The third kappa shape index (κ3) is 5.02. The molecule has 1 aromatic carbocycles. The molecule has 0 aliphatic carbocycles. The van der Waals surface area contributed by atoms with E-state index < -0.39 is 0 Å². The van der Waals surface area contributed by atoms with Crippen LogP contribution in [0, 0.1) is 0 Å². The third-order valence-corrected chi connectivity index (χ3v) is 4.28. The van der Waals surface area contributed by atoms with Crippen LogP contribution in [0.2, 0.25) is 0 Å². The molecule has 0 aromatic heterocycles. The number of piperidine rings is 1. The molecule has 1 fully saturated rings. The van der Waals surface area contributed by atoms with Crippen molar-refractivity contribution in [3.05, 3.63) is 35.9 Å². The zero-order valence-corrected chi connectivity index (χ0v) is 13.5. The summed E-state index contributed by atoms with van der Waals surface area (Å²) in [6.07, 6.45) is 5.71. The molecule has 0 radical (unpaired) electrons. The van der Waals surface area contributed by atoms with Crippen molar-refractivity contribution in [2.24, 2.45) is 0 Å². The molecule has 1 aliphatic heterocycles. The Morgan fingerprint density at radius 2 is 2.14 bits per heavy atom. The van der Waals surface area contributed by atoms with E-state index in [1.54, 1.807) is 4.90 Å². The molecule has 0 spiro atoms. The highest BCUT2D eigenvalue weighted by molar-refractivity contribution is 5.74. The lowest BCUT2D eigenvalue weighted by Crippen LogP contribution is -2.48. The average molecular weight is 304 g/mol. The van der Waals surface area contributed by atoms with Crippen molar-refractivity contribution in [1.29, 1.82) is 0 Å². The topological polar surface area (TPSA) is 52.6 Å². The van der Waals surface area contributed by atoms with Crippen LogP contribution in [0.5, 0.6) is 0 Å². The summed E-state index contributed by atoms with van der Waals surface area (Å²) >= 11 is 0. The van der Waals surface area contributed by atoms with Crippen LogP contribution in [0.3, 0.4) is 0 Å². The van der Waals surface area contributed by atoms with Crippen LogP contribution in [0.4, 0.5) is 4.79 Å². The van der Waals surface area contributed by atoms with E-state index in [2.05, 4.69) is 24.4 Å². The maximum absolute atomic E-state index is 12.5. The molecule has 0 bridgehead atoms. The lowest BCUT2D eigenvalue weighted by atomic mass is 10.0. The number of amides is 2. The van der Waals surface area contributed by atoms with Gasteiger partial charge in [-0.1, -0.05) is 56.5 Å². The standard InChI is InChI=1S/C18H28N2O2/c1-2-3-5-12-17(15-9-6-4-7-10-15)19-18(22)20-13-8-11-16(21)14-20/h4,6-7,9-10,16-17,21H,2-3,5,8,11-14H2,1H3,(H,19,22). The smallest absolute Gasteiger partial charge is 0.317 e. The second-order valence-corrected chi connectivity index (χ2v) is 6.15. The number of hydrogen-bond donors (Lipinski definition) is 2. The molecule has 4 nitrogen and oxygen atoms in total. The van der Waals surface area contributed by atoms with Gasteiger partial charge in [-0.15, -0.1) is 0 Å². The van der Waals surface area contributed by atoms with Crippen molar-refractivity contribution in [1.82, 2.24) is 10.2 Å². The summed E-state index contributed by atoms with van der Waals surface area (Å²) in [5, 5.41) is 12.9. The molecule has 122 valence electrons. The number of unbranched alkanes of at least 4 members (excludes halogenated alkanes) is 2. The fourth-order valence-corrected chi connectivity index (χ4v) is 2.99. The van der Waals surface area contributed by atoms with E-state index in [9.17, 15) is 9.90 Å². The van der Waals surface area contributed by atoms with E-state index in [-0.39, 0.29) is 18.2 Å². The summed E-state index contributed by atoms with van der Waals surface area (Å²) in [5.74, 6) is 0. The summed E-state index contributed by atoms with van der Waals surface area (Å²) < 4.78 is 0. The van der Waals surface area contributed by atoms with E-state index in [1.165, 1.54) is 12.8 Å². The summed E-state index contributed by atoms with van der Waals surface area (Å²) in [4.78, 5) is 14.2. The number of aliphatic hydroxyl groups excluding tert-OH is 1. The van der Waals surface area contributed by atoms with Crippen LogP contribution in [-0.4, -0.2) is 35.2 Å². The number of hydrogen-bond acceptors (Lipinski definition) is 2. The Bertz CT molecular complexity index is 450. The fourth-order valence-electron chi connectivity index (χ4n) is 2.99. The monoisotopic (exact) mass is 304 g/mol. The van der Waals surface area contributed by atoms with Gasteiger partial charge in [-0.3, -0.25) is 0 Å². The van der Waals surface area contributed by atoms with E-state index in [0.29, 0.717) is 6.54 Å². The average Bonchev–Trinajstić information content (AvgIpc) is 2.55. The summed E-state index contributed by atoms with van der Waals surface area (Å²) in [7, 11) is 0. The first-order valence-electron chi connectivity index (χ1n) is 8.49. The molecule has 2 rings (SSSR count). The number of rotatable bonds is 6. The zero-order valence-electron chi connectivity index (χ0n) is 13.5. The van der Waals surface area contributed by atoms with Gasteiger partial charge < -0.3 is 15.3 Å². The Morgan fingerprint density at radius 1 is 1.36 bits per heavy atom. The van der Waals surface area contributed by atoms with Crippen molar-refractivity contribution < 1.29 is 9.90 Å². The van der Waals surface area contributed by atoms with Gasteiger partial charge in [0.2, 0.25) is 0 Å². The maximum atomic E-state index is 12.5. The minimum Gasteiger partial charge on any atom is -0.391 e. The van der Waals surface area contributed by atoms with E-state index >= 15 is 0 Å². The number of benzene rings is 1. The predicted octanol–water partition coefficient (Wildman–Crippen LogP) is 3.47. The second kappa shape index (κ2) is 8.79. The zero-order chi connectivity index (χ0) is 15.8. The van der Waals surface area contributed by atoms with Crippen molar-refractivity contribution in [3.8, 4) is 0 Å². The normalized spacial score (nSPS) is 19.7. The number of urea groups is 1. The molecule has 2 amide bonds. The number of aliphatic hydroxyl groups is 1. The van der Waals surface area contributed by atoms with Gasteiger partial charge in [0, 0.05) is 13.1 Å². The van der Waals surface area contributed by atoms with Crippen molar-refractivity contribution >= 4 is 6.03 Å². The van der Waals surface area contributed by atoms with Crippen molar-refractivity contribution in [2.45, 2.75) is 57.6 Å². The fraction of sp³-hybridized carbons (Fsp3) is 0.611. The molecule has 22 heavy (non-hydrogen) atoms. The molecule has 0 saturated carbocycles. The number of β-amino-alcohol motifs (C(OH)–C–C–N with tert-alkyl or cyclic N) is 1. The van der Waals surface area contributed by atoms with Gasteiger partial charge in [0.05, 0.1) is 12.1 Å². The van der Waals surface area contributed by atoms with Gasteiger partial charge in [0.25, 0.3) is 0 Å². The molecule has 1 saturated heterocycles. The Balaban J connectivity index is 1.97. The number of carbonyl (C=O) groups is 1. The molecule has 2 unspecified atom stereocenters. The van der Waals surface area contributed by atoms with Crippen LogP contribution in [-0.2, 0) is 0 Å². The Morgan fingerprint density at radius 3 is 2.82 bits per heavy atom. The third-order valence-electron chi connectivity index (χ3n) is 4.28. The number of nitrogens with zero attached hydrogens (tertiary/aromatic N) is 1. The highest BCUT2D eigenvalue weighted by Gasteiger charge is 2.24. The Hall–Kier alpha value is -1.55. The van der Waals surface area contributed by atoms with Gasteiger partial charge in [0.1, 0.15) is 0 Å². The minimum atomic E-state index is -0.380. The van der Waals surface area contributed by atoms with Crippen LogP contribution in [0.25, 0.3) is 0 Å². The summed E-state index contributed by atoms with van der Waals surface area (Å²) in [6, 6.07) is 10.2. The van der Waals surface area contributed by atoms with Gasteiger partial charge in [-0.05, 0) is 24.8 Å². The summed E-state index contributed by atoms with van der Waals surface area (Å²) in [5.41, 5.74) is 1.16. The minimum absolute atomic E-state index is 0.0518. The van der Waals surface area contributed by atoms with Crippen molar-refractivity contribution in [2.75, 3.05) is 13.1 Å². The van der Waals surface area contributed by atoms with Crippen LogP contribution >= 0.6 is 0 Å². The second-order valence-electron chi connectivity index (χ2n) is 6.15. The molecular weight excluding hydrogens is 276 g/mol. The molecule has 1 heterocycles. The van der Waals surface area contributed by atoms with Gasteiger partial charge in [-0.25, -0.2) is 4.79 Å². The maximum Gasteiger partial charge on any atom is 0.317 e. The molecule has 2 N–H and O–H groups in total. The highest BCUT2D eigenvalue weighted by atomic mass is 16.3. The lowest BCUT2D eigenvalue weighted by Gasteiger charge is -2.32. The van der Waals surface area contributed by atoms with E-state index in [1.807, 2.05) is 18.2 Å². The first-order valence-corrected chi connectivity index (χ1v) is 8.49. The molecule has 1 aromatic rings. The predicted molar refractivity (Wildman–Crippen MR) is 88.7 cm³/mol. The van der Waals surface area contributed by atoms with Crippen LogP contribution in [0.15, 0.2) is 30.3 Å². The summed E-state index contributed by atoms with van der Waals surface area (Å²) in [6.45, 7) is 3.37. The lowest BCUT2D eigenvalue weighted by molar-refractivity contribution is 0.0831. The quantitative estimate of drug-likeness (QED) is 0.791. The Labute approximate surface area is 133 Å². The highest BCUT2D eigenvalue weighted by Crippen LogP contribution is 2.21. The van der Waals surface area contributed by atoms with E-state index in [4.69, 9.17) is 0 Å². The first kappa shape index (κ1) is 16.8. The molecule has 4 heteroatoms.